The SMILES string of the molecule is COCCS(=O)(=O)N1CCC(NC(=O)c2cc3oc(Br)cc3n2C)CC1. The second-order valence-electron chi connectivity index (χ2n) is 6.34. The molecular weight excluding hydrogens is 426 g/mol. The number of nitrogens with zero attached hydrogens (tertiary/aromatic N) is 2. The van der Waals surface area contributed by atoms with Crippen LogP contribution in [-0.2, 0) is 21.8 Å². The van der Waals surface area contributed by atoms with Crippen molar-refractivity contribution >= 4 is 43.0 Å². The van der Waals surface area contributed by atoms with Crippen LogP contribution in [0, 0.1) is 0 Å². The fraction of sp³-hybridized carbons (Fsp3) is 0.562. The molecular formula is C16H22BrN3O5S. The topological polar surface area (TPSA) is 93.8 Å². The van der Waals surface area contributed by atoms with Crippen molar-refractivity contribution in [3.05, 3.63) is 22.5 Å². The molecule has 1 amide bonds. The Hall–Kier alpha value is -1.36. The number of fused-ring (bicyclic) bond motifs is 1. The van der Waals surface area contributed by atoms with Crippen molar-refractivity contribution in [2.24, 2.45) is 7.05 Å². The summed E-state index contributed by atoms with van der Waals surface area (Å²) in [5, 5.41) is 3.00. The van der Waals surface area contributed by atoms with Crippen LogP contribution in [0.1, 0.15) is 23.3 Å². The summed E-state index contributed by atoms with van der Waals surface area (Å²) < 4.78 is 38.6. The number of aryl methyl sites for hydroxylation is 1. The van der Waals surface area contributed by atoms with Crippen LogP contribution in [-0.4, -0.2) is 61.8 Å². The van der Waals surface area contributed by atoms with Crippen molar-refractivity contribution in [1.29, 1.82) is 0 Å². The molecule has 0 bridgehead atoms. The lowest BCUT2D eigenvalue weighted by molar-refractivity contribution is 0.0916. The lowest BCUT2D eigenvalue weighted by Crippen LogP contribution is -2.47. The first-order chi connectivity index (χ1) is 12.3. The molecule has 0 aliphatic carbocycles. The van der Waals surface area contributed by atoms with Crippen LogP contribution >= 0.6 is 15.9 Å². The van der Waals surface area contributed by atoms with Gasteiger partial charge in [-0.1, -0.05) is 0 Å². The van der Waals surface area contributed by atoms with Gasteiger partial charge < -0.3 is 19.0 Å². The zero-order valence-electron chi connectivity index (χ0n) is 14.7. The Bertz CT molecular complexity index is 897. The van der Waals surface area contributed by atoms with Gasteiger partial charge in [-0.25, -0.2) is 12.7 Å². The van der Waals surface area contributed by atoms with E-state index in [1.54, 1.807) is 10.6 Å². The van der Waals surface area contributed by atoms with Gasteiger partial charge >= 0.3 is 0 Å². The fourth-order valence-corrected chi connectivity index (χ4v) is 4.95. The van der Waals surface area contributed by atoms with Crippen LogP contribution in [0.2, 0.25) is 0 Å². The Balaban J connectivity index is 1.59. The predicted molar refractivity (Wildman–Crippen MR) is 101 cm³/mol. The van der Waals surface area contributed by atoms with Gasteiger partial charge in [0.05, 0.1) is 17.9 Å². The highest BCUT2D eigenvalue weighted by atomic mass is 79.9. The third kappa shape index (κ3) is 3.98. The molecule has 26 heavy (non-hydrogen) atoms. The molecule has 144 valence electrons. The summed E-state index contributed by atoms with van der Waals surface area (Å²) in [6.45, 7) is 0.989. The third-order valence-electron chi connectivity index (χ3n) is 4.66. The number of sulfonamides is 1. The van der Waals surface area contributed by atoms with E-state index in [0.717, 1.165) is 5.52 Å². The molecule has 0 atom stereocenters. The second-order valence-corrected chi connectivity index (χ2v) is 9.21. The van der Waals surface area contributed by atoms with Crippen molar-refractivity contribution < 1.29 is 22.4 Å². The van der Waals surface area contributed by atoms with E-state index in [0.29, 0.717) is 41.9 Å². The molecule has 1 saturated heterocycles. The van der Waals surface area contributed by atoms with Gasteiger partial charge in [0.1, 0.15) is 5.69 Å². The number of hydrogen-bond acceptors (Lipinski definition) is 5. The molecule has 3 heterocycles. The molecule has 1 fully saturated rings. The number of carbonyl (C=O) groups excluding carboxylic acids is 1. The van der Waals surface area contributed by atoms with Crippen LogP contribution in [0.25, 0.3) is 11.1 Å². The van der Waals surface area contributed by atoms with Crippen LogP contribution in [0.15, 0.2) is 21.2 Å². The minimum atomic E-state index is -3.30. The summed E-state index contributed by atoms with van der Waals surface area (Å²) >= 11 is 3.27. The Kier molecular flexibility index (Phi) is 5.75. The van der Waals surface area contributed by atoms with Crippen LogP contribution in [0.3, 0.4) is 0 Å². The highest BCUT2D eigenvalue weighted by Crippen LogP contribution is 2.26. The van der Waals surface area contributed by atoms with E-state index >= 15 is 0 Å². The van der Waals surface area contributed by atoms with E-state index in [-0.39, 0.29) is 24.3 Å². The highest BCUT2D eigenvalue weighted by Gasteiger charge is 2.29. The average Bonchev–Trinajstić information content (AvgIpc) is 3.11. The lowest BCUT2D eigenvalue weighted by atomic mass is 10.1. The van der Waals surface area contributed by atoms with E-state index in [9.17, 15) is 13.2 Å². The molecule has 1 aliphatic rings. The van der Waals surface area contributed by atoms with Gasteiger partial charge in [-0.2, -0.15) is 0 Å². The predicted octanol–water partition coefficient (Wildman–Crippen LogP) is 1.70. The molecule has 0 spiro atoms. The number of hydrogen-bond donors (Lipinski definition) is 1. The van der Waals surface area contributed by atoms with E-state index < -0.39 is 10.0 Å². The summed E-state index contributed by atoms with van der Waals surface area (Å²) in [5.74, 6) is -0.200. The third-order valence-corrected chi connectivity index (χ3v) is 6.89. The van der Waals surface area contributed by atoms with E-state index in [1.165, 1.54) is 11.4 Å². The van der Waals surface area contributed by atoms with Gasteiger partial charge in [0.2, 0.25) is 10.0 Å². The van der Waals surface area contributed by atoms with Gasteiger partial charge in [0.15, 0.2) is 10.3 Å². The molecule has 0 aromatic carbocycles. The minimum Gasteiger partial charge on any atom is -0.448 e. The Morgan fingerprint density at radius 3 is 2.69 bits per heavy atom. The number of methoxy groups -OCH3 is 1. The standard InChI is InChI=1S/C16H22BrN3O5S/c1-19-12-10-15(17)25-14(12)9-13(19)16(21)18-11-3-5-20(6-4-11)26(22,23)8-7-24-2/h9-11H,3-8H2,1-2H3,(H,18,21). The lowest BCUT2D eigenvalue weighted by Gasteiger charge is -2.31. The molecule has 1 N–H and O–H groups in total. The first-order valence-electron chi connectivity index (χ1n) is 8.34. The summed E-state index contributed by atoms with van der Waals surface area (Å²) in [6.07, 6.45) is 1.17. The number of aromatic nitrogens is 1. The Morgan fingerprint density at radius 1 is 1.38 bits per heavy atom. The molecule has 8 nitrogen and oxygen atoms in total. The van der Waals surface area contributed by atoms with Crippen LogP contribution < -0.4 is 5.32 Å². The van der Waals surface area contributed by atoms with Gasteiger partial charge in [-0.15, -0.1) is 0 Å². The summed E-state index contributed by atoms with van der Waals surface area (Å²) in [4.78, 5) is 12.6. The number of ether oxygens (including phenoxy) is 1. The number of furan rings is 1. The summed E-state index contributed by atoms with van der Waals surface area (Å²) in [6, 6.07) is 3.47. The molecule has 0 unspecified atom stereocenters. The smallest absolute Gasteiger partial charge is 0.268 e. The monoisotopic (exact) mass is 447 g/mol. The van der Waals surface area contributed by atoms with E-state index in [1.807, 2.05) is 13.1 Å². The maximum atomic E-state index is 12.6. The number of halogens is 1. The quantitative estimate of drug-likeness (QED) is 0.726. The number of nitrogens with one attached hydrogen (secondary N) is 1. The summed E-state index contributed by atoms with van der Waals surface area (Å²) in [7, 11) is -0.00336. The van der Waals surface area contributed by atoms with Crippen molar-refractivity contribution in [3.63, 3.8) is 0 Å². The van der Waals surface area contributed by atoms with Crippen molar-refractivity contribution in [1.82, 2.24) is 14.2 Å². The fourth-order valence-electron chi connectivity index (χ4n) is 3.15. The second kappa shape index (κ2) is 7.71. The maximum absolute atomic E-state index is 12.6. The molecule has 10 heteroatoms. The normalized spacial score (nSPS) is 17.0. The zero-order chi connectivity index (χ0) is 18.9. The zero-order valence-corrected chi connectivity index (χ0v) is 17.1. The van der Waals surface area contributed by atoms with E-state index in [2.05, 4.69) is 21.2 Å². The Morgan fingerprint density at radius 2 is 2.08 bits per heavy atom. The molecule has 3 rings (SSSR count). The van der Waals surface area contributed by atoms with Crippen molar-refractivity contribution in [2.45, 2.75) is 18.9 Å². The van der Waals surface area contributed by atoms with Crippen molar-refractivity contribution in [3.8, 4) is 0 Å². The van der Waals surface area contributed by atoms with Gasteiger partial charge in [0, 0.05) is 45.4 Å². The number of rotatable bonds is 6. The van der Waals surface area contributed by atoms with E-state index in [4.69, 9.17) is 9.15 Å². The molecule has 0 saturated carbocycles. The molecule has 1 aliphatic heterocycles. The van der Waals surface area contributed by atoms with Crippen LogP contribution in [0.5, 0.6) is 0 Å². The molecule has 2 aromatic rings. The summed E-state index contributed by atoms with van der Waals surface area (Å²) in [5.41, 5.74) is 1.99. The van der Waals surface area contributed by atoms with Gasteiger partial charge in [-0.3, -0.25) is 4.79 Å². The number of carbonyl (C=O) groups is 1. The average molecular weight is 448 g/mol. The first-order valence-corrected chi connectivity index (χ1v) is 10.7. The van der Waals surface area contributed by atoms with Gasteiger partial charge in [-0.05, 0) is 28.8 Å². The number of amides is 1. The molecule has 0 radical (unpaired) electrons. The largest absolute Gasteiger partial charge is 0.448 e. The minimum absolute atomic E-state index is 0.0154. The van der Waals surface area contributed by atoms with Crippen LogP contribution in [0.4, 0.5) is 0 Å². The molecule has 2 aromatic heterocycles. The Labute approximate surface area is 160 Å². The van der Waals surface area contributed by atoms with Crippen molar-refractivity contribution in [2.75, 3.05) is 32.6 Å². The van der Waals surface area contributed by atoms with Gasteiger partial charge in [0.25, 0.3) is 5.91 Å². The highest BCUT2D eigenvalue weighted by molar-refractivity contribution is 9.10. The maximum Gasteiger partial charge on any atom is 0.268 e. The number of piperidine rings is 1. The first kappa shape index (κ1) is 19.4.